The summed E-state index contributed by atoms with van der Waals surface area (Å²) in [5, 5.41) is 13.4. The van der Waals surface area contributed by atoms with Gasteiger partial charge in [-0.25, -0.2) is 9.97 Å². The monoisotopic (exact) mass is 378 g/mol. The summed E-state index contributed by atoms with van der Waals surface area (Å²) in [6.07, 6.45) is 13.3. The van der Waals surface area contributed by atoms with E-state index >= 15 is 0 Å². The number of carbonyl (C=O) groups excluding carboxylic acids is 1. The van der Waals surface area contributed by atoms with Crippen LogP contribution < -0.4 is 10.6 Å². The third kappa shape index (κ3) is 2.64. The highest BCUT2D eigenvalue weighted by atomic mass is 16.2. The highest BCUT2D eigenvalue weighted by molar-refractivity contribution is 5.88. The zero-order valence-electron chi connectivity index (χ0n) is 16.1. The average molecular weight is 378 g/mol. The quantitative estimate of drug-likeness (QED) is 0.662. The first-order valence-corrected chi connectivity index (χ1v) is 10.1. The van der Waals surface area contributed by atoms with Crippen LogP contribution in [0.15, 0.2) is 30.2 Å². The van der Waals surface area contributed by atoms with Crippen LogP contribution in [0.2, 0.25) is 0 Å². The Morgan fingerprint density at radius 1 is 1.36 bits per heavy atom. The van der Waals surface area contributed by atoms with Crippen molar-refractivity contribution in [2.45, 2.75) is 50.6 Å². The van der Waals surface area contributed by atoms with Gasteiger partial charge in [-0.3, -0.25) is 4.79 Å². The van der Waals surface area contributed by atoms with Gasteiger partial charge in [-0.1, -0.05) is 6.08 Å². The van der Waals surface area contributed by atoms with Crippen LogP contribution in [0.1, 0.15) is 44.2 Å². The molecule has 5 aliphatic rings. The van der Waals surface area contributed by atoms with Crippen molar-refractivity contribution in [1.29, 1.82) is 5.41 Å². The molecule has 2 atom stereocenters. The Morgan fingerprint density at radius 2 is 2.18 bits per heavy atom. The van der Waals surface area contributed by atoms with Crippen LogP contribution in [0.3, 0.4) is 0 Å². The third-order valence-electron chi connectivity index (χ3n) is 6.82. The average Bonchev–Trinajstić information content (AvgIpc) is 2.88. The van der Waals surface area contributed by atoms with Gasteiger partial charge in [0, 0.05) is 31.7 Å². The Bertz CT molecular complexity index is 874. The first-order chi connectivity index (χ1) is 13.6. The number of nitrogens with one attached hydrogen (secondary N) is 3. The number of rotatable bonds is 6. The number of hydrogen-bond acceptors (Lipinski definition) is 6. The molecule has 0 aromatic carbocycles. The molecule has 0 radical (unpaired) electrons. The summed E-state index contributed by atoms with van der Waals surface area (Å²) in [6.45, 7) is 0. The maximum atomic E-state index is 13.1. The van der Waals surface area contributed by atoms with Gasteiger partial charge in [0.15, 0.2) is 0 Å². The van der Waals surface area contributed by atoms with Crippen molar-refractivity contribution in [2.24, 2.45) is 11.3 Å². The second-order valence-corrected chi connectivity index (χ2v) is 8.59. The number of anilines is 1. The molecule has 2 unspecified atom stereocenters. The lowest BCUT2D eigenvalue weighted by molar-refractivity contribution is -0.179. The maximum Gasteiger partial charge on any atom is 0.229 e. The van der Waals surface area contributed by atoms with E-state index in [-0.39, 0.29) is 11.5 Å². The van der Waals surface area contributed by atoms with E-state index in [1.165, 1.54) is 11.8 Å². The van der Waals surface area contributed by atoms with Crippen LogP contribution in [0.5, 0.6) is 0 Å². The van der Waals surface area contributed by atoms with E-state index in [9.17, 15) is 4.79 Å². The first kappa shape index (κ1) is 17.4. The normalized spacial score (nSPS) is 32.8. The molecule has 3 N–H and O–H groups in total. The van der Waals surface area contributed by atoms with Gasteiger partial charge in [0.25, 0.3) is 0 Å². The van der Waals surface area contributed by atoms with Crippen molar-refractivity contribution in [1.82, 2.24) is 20.2 Å². The summed E-state index contributed by atoms with van der Waals surface area (Å²) >= 11 is 0. The Labute approximate surface area is 164 Å². The van der Waals surface area contributed by atoms with Crippen molar-refractivity contribution in [3.8, 4) is 0 Å². The first-order valence-electron chi connectivity index (χ1n) is 10.1. The molecule has 3 heterocycles. The lowest BCUT2D eigenvalue weighted by Crippen LogP contribution is -2.63. The Morgan fingerprint density at radius 3 is 2.82 bits per heavy atom. The fourth-order valence-corrected chi connectivity index (χ4v) is 5.35. The second kappa shape index (κ2) is 6.43. The van der Waals surface area contributed by atoms with E-state index in [4.69, 9.17) is 5.41 Å². The van der Waals surface area contributed by atoms with Gasteiger partial charge >= 0.3 is 0 Å². The molecule has 7 heteroatoms. The Kier molecular flexibility index (Phi) is 4.00. The Hall–Kier alpha value is -2.70. The zero-order valence-corrected chi connectivity index (χ0v) is 16.1. The highest BCUT2D eigenvalue weighted by Crippen LogP contribution is 2.65. The number of allylic oxidation sites excluding steroid dienone is 1. The van der Waals surface area contributed by atoms with Crippen molar-refractivity contribution < 1.29 is 4.79 Å². The lowest BCUT2D eigenvalue weighted by Gasteiger charge is -2.62. The summed E-state index contributed by atoms with van der Waals surface area (Å²) in [4.78, 5) is 24.3. The van der Waals surface area contributed by atoms with E-state index in [2.05, 4.69) is 31.6 Å². The molecule has 4 fully saturated rings. The maximum absolute atomic E-state index is 13.1. The fourth-order valence-electron chi connectivity index (χ4n) is 5.35. The minimum absolute atomic E-state index is 0.00562. The van der Waals surface area contributed by atoms with E-state index in [0.717, 1.165) is 50.1 Å². The molecule has 1 amide bonds. The molecule has 4 bridgehead atoms. The molecule has 7 nitrogen and oxygen atoms in total. The molecule has 28 heavy (non-hydrogen) atoms. The molecule has 1 aromatic rings. The zero-order chi connectivity index (χ0) is 19.3. The second-order valence-electron chi connectivity index (χ2n) is 8.59. The lowest BCUT2D eigenvalue weighted by atomic mass is 9.44. The minimum Gasteiger partial charge on any atom is -0.392 e. The van der Waals surface area contributed by atoms with Gasteiger partial charge in [0.05, 0.1) is 22.8 Å². The van der Waals surface area contributed by atoms with Crippen LogP contribution in [-0.2, 0) is 4.79 Å². The number of amides is 1. The molecular weight excluding hydrogens is 352 g/mol. The van der Waals surface area contributed by atoms with Crippen molar-refractivity contribution >= 4 is 23.6 Å². The van der Waals surface area contributed by atoms with Gasteiger partial charge in [-0.05, 0) is 56.1 Å². The predicted molar refractivity (Wildman–Crippen MR) is 108 cm³/mol. The molecule has 146 valence electrons. The summed E-state index contributed by atoms with van der Waals surface area (Å²) in [5.41, 5.74) is 2.70. The molecule has 6 rings (SSSR count). The van der Waals surface area contributed by atoms with E-state index < -0.39 is 0 Å². The van der Waals surface area contributed by atoms with Gasteiger partial charge in [0.2, 0.25) is 11.9 Å². The molecular formula is C21H26N6O. The van der Waals surface area contributed by atoms with E-state index in [1.807, 2.05) is 6.07 Å². The van der Waals surface area contributed by atoms with Crippen molar-refractivity contribution in [3.63, 3.8) is 0 Å². The van der Waals surface area contributed by atoms with Crippen LogP contribution in [-0.4, -0.2) is 46.1 Å². The van der Waals surface area contributed by atoms with E-state index in [0.29, 0.717) is 23.6 Å². The molecule has 3 aliphatic carbocycles. The largest absolute Gasteiger partial charge is 0.392 e. The number of carbonyl (C=O) groups is 1. The molecule has 3 saturated carbocycles. The predicted octanol–water partition coefficient (Wildman–Crippen LogP) is 2.55. The van der Waals surface area contributed by atoms with Gasteiger partial charge in [0.1, 0.15) is 0 Å². The highest BCUT2D eigenvalue weighted by Gasteiger charge is 2.63. The number of fused-ring (bicyclic) bond motifs is 2. The summed E-state index contributed by atoms with van der Waals surface area (Å²) in [6, 6.07) is 2.45. The fraction of sp³-hybridized carbons (Fsp3) is 0.524. The van der Waals surface area contributed by atoms with Crippen LogP contribution in [0, 0.1) is 16.7 Å². The number of aromatic nitrogens is 2. The molecule has 1 aromatic heterocycles. The topological polar surface area (TPSA) is 94.0 Å². The number of hydrogen-bond donors (Lipinski definition) is 3. The number of nitrogens with zero attached hydrogens (tertiary/aromatic N) is 3. The molecule has 1 saturated heterocycles. The van der Waals surface area contributed by atoms with Crippen molar-refractivity contribution in [3.05, 3.63) is 35.9 Å². The third-order valence-corrected chi connectivity index (χ3v) is 6.82. The smallest absolute Gasteiger partial charge is 0.229 e. The van der Waals surface area contributed by atoms with Gasteiger partial charge < -0.3 is 20.9 Å². The SMILES string of the molecule is CN/C=C(\C=N)Nc1nccc(C2=CC3CCC(C2)N3C(=O)C23CC(C2)C3)n1. The Balaban J connectivity index is 1.36. The summed E-state index contributed by atoms with van der Waals surface area (Å²) in [5.74, 6) is 1.71. The minimum atomic E-state index is 0.00562. The molecule has 2 aliphatic heterocycles. The van der Waals surface area contributed by atoms with E-state index in [1.54, 1.807) is 19.4 Å². The summed E-state index contributed by atoms with van der Waals surface area (Å²) < 4.78 is 0. The summed E-state index contributed by atoms with van der Waals surface area (Å²) in [7, 11) is 1.78. The van der Waals surface area contributed by atoms with Crippen molar-refractivity contribution in [2.75, 3.05) is 12.4 Å². The van der Waals surface area contributed by atoms with Gasteiger partial charge in [-0.15, -0.1) is 0 Å². The van der Waals surface area contributed by atoms with Crippen LogP contribution in [0.4, 0.5) is 5.95 Å². The van der Waals surface area contributed by atoms with Crippen LogP contribution in [0.25, 0.3) is 5.57 Å². The van der Waals surface area contributed by atoms with Crippen LogP contribution >= 0.6 is 0 Å². The van der Waals surface area contributed by atoms with Gasteiger partial charge in [-0.2, -0.15) is 0 Å². The standard InChI is InChI=1S/C21H26N6O/c1-23-12-15(11-22)25-20-24-5-4-18(26-20)14-6-16-2-3-17(7-14)27(16)19(28)21-8-13(9-21)10-21/h4-6,11-13,16-17,22-23H,2-3,7-10H2,1H3,(H,24,25,26)/b15-12+,22-11?. The molecule has 0 spiro atoms.